The van der Waals surface area contributed by atoms with Gasteiger partial charge in [-0.15, -0.1) is 0 Å². The summed E-state index contributed by atoms with van der Waals surface area (Å²) in [5.41, 5.74) is 0.273. The van der Waals surface area contributed by atoms with E-state index >= 15 is 0 Å². The van der Waals surface area contributed by atoms with Crippen molar-refractivity contribution >= 4 is 101 Å². The van der Waals surface area contributed by atoms with Gasteiger partial charge in [-0.2, -0.15) is 35.3 Å². The van der Waals surface area contributed by atoms with Gasteiger partial charge < -0.3 is 35.3 Å². The maximum Gasteiger partial charge on any atom is 0.230 e. The number of halogens is 3. The van der Waals surface area contributed by atoms with Gasteiger partial charge >= 0.3 is 0 Å². The number of amides is 3. The lowest BCUT2D eigenvalue weighted by Gasteiger charge is -2.65. The number of hydrogen-bond donors (Lipinski definition) is 4. The highest BCUT2D eigenvalue weighted by Gasteiger charge is 2.66. The van der Waals surface area contributed by atoms with Crippen LogP contribution in [0.3, 0.4) is 0 Å². The predicted molar refractivity (Wildman–Crippen MR) is 267 cm³/mol. The number of fused-ring (bicyclic) bond motifs is 5. The number of thioether (sulfide) groups is 3. The molecule has 3 amide bonds. The normalized spacial score (nSPS) is 31.1. The third-order valence-electron chi connectivity index (χ3n) is 14.6. The molecule has 10 nitrogen and oxygen atoms in total. The molecule has 4 aliphatic rings. The van der Waals surface area contributed by atoms with E-state index in [1.165, 1.54) is 19.3 Å². The number of ether oxygens (including phenoxy) is 3. The molecule has 16 heteroatoms. The van der Waals surface area contributed by atoms with Gasteiger partial charge in [-0.05, 0) is 135 Å². The standard InChI is InChI=1S/C45H78Br3N3O7S3/c1-32(8-4-16-52)35-9-10-36-43-37(28-39(45(35,36)3)58-19-7-22-61-25-15-51-42(55)31-48)44(2)12-11-34(56-17-5-20-59-23-13-49-40(53)29-46)26-33(44)27-38(43)57-18-6-21-60-24-14-50-41(54)30-47/h32-39,43,52H,4-31H2,1-3H3,(H,49,53)(H,50,54)(H,51,55)/t32-,33+,34-,35-,36+,37+,38-,39+,43+,44+,45-/m1/s1. The smallest absolute Gasteiger partial charge is 0.230 e. The number of carbonyl (C=O) groups is 3. The van der Waals surface area contributed by atoms with Crippen molar-refractivity contribution in [3.8, 4) is 0 Å². The van der Waals surface area contributed by atoms with Crippen LogP contribution < -0.4 is 16.0 Å². The molecule has 0 aromatic rings. The van der Waals surface area contributed by atoms with Gasteiger partial charge in [0.25, 0.3) is 0 Å². The summed E-state index contributed by atoms with van der Waals surface area (Å²) >= 11 is 15.3. The van der Waals surface area contributed by atoms with Crippen LogP contribution in [-0.4, -0.2) is 138 Å². The Hall–Kier alpha value is 0.740. The Labute approximate surface area is 406 Å². The second-order valence-corrected chi connectivity index (χ2v) is 23.6. The first-order chi connectivity index (χ1) is 29.5. The van der Waals surface area contributed by atoms with Gasteiger partial charge in [0, 0.05) is 68.7 Å². The van der Waals surface area contributed by atoms with Crippen LogP contribution in [0.4, 0.5) is 0 Å². The van der Waals surface area contributed by atoms with Crippen molar-refractivity contribution in [2.45, 2.75) is 116 Å². The van der Waals surface area contributed by atoms with Gasteiger partial charge in [0.15, 0.2) is 0 Å². The lowest BCUT2D eigenvalue weighted by atomic mass is 9.43. The Morgan fingerprint density at radius 3 is 1.77 bits per heavy atom. The highest BCUT2D eigenvalue weighted by Crippen LogP contribution is 2.69. The molecule has 0 heterocycles. The topological polar surface area (TPSA) is 135 Å². The van der Waals surface area contributed by atoms with E-state index in [2.05, 4.69) is 84.5 Å². The third-order valence-corrected chi connectivity index (χ3v) is 19.4. The lowest BCUT2D eigenvalue weighted by molar-refractivity contribution is -0.227. The molecule has 354 valence electrons. The van der Waals surface area contributed by atoms with Crippen LogP contribution in [0.25, 0.3) is 0 Å². The molecular weight excluding hydrogens is 1030 g/mol. The molecule has 4 fully saturated rings. The van der Waals surface area contributed by atoms with E-state index in [4.69, 9.17) is 14.2 Å². The van der Waals surface area contributed by atoms with Crippen LogP contribution in [0.15, 0.2) is 0 Å². The van der Waals surface area contributed by atoms with Crippen LogP contribution in [0.1, 0.15) is 97.8 Å². The first-order valence-corrected chi connectivity index (χ1v) is 30.0. The van der Waals surface area contributed by atoms with Gasteiger partial charge in [-0.1, -0.05) is 68.6 Å². The zero-order chi connectivity index (χ0) is 44.1. The van der Waals surface area contributed by atoms with E-state index in [1.807, 2.05) is 35.3 Å². The summed E-state index contributed by atoms with van der Waals surface area (Å²) < 4.78 is 21.0. The molecule has 0 bridgehead atoms. The van der Waals surface area contributed by atoms with Gasteiger partial charge in [0.2, 0.25) is 17.7 Å². The summed E-state index contributed by atoms with van der Waals surface area (Å²) in [4.78, 5) is 34.8. The Balaban J connectivity index is 1.45. The fourth-order valence-electron chi connectivity index (χ4n) is 11.7. The monoisotopic (exact) mass is 1110 g/mol. The van der Waals surface area contributed by atoms with E-state index in [0.717, 1.165) is 112 Å². The van der Waals surface area contributed by atoms with E-state index in [1.54, 1.807) is 0 Å². The number of rotatable bonds is 31. The molecule has 11 atom stereocenters. The molecule has 61 heavy (non-hydrogen) atoms. The quantitative estimate of drug-likeness (QED) is 0.0397. The van der Waals surface area contributed by atoms with Gasteiger partial charge in [-0.3, -0.25) is 14.4 Å². The summed E-state index contributed by atoms with van der Waals surface area (Å²) in [6.07, 6.45) is 13.7. The molecule has 0 aromatic heterocycles. The van der Waals surface area contributed by atoms with E-state index < -0.39 is 0 Å². The van der Waals surface area contributed by atoms with Crippen molar-refractivity contribution in [1.82, 2.24) is 16.0 Å². The molecule has 0 aromatic carbocycles. The molecular formula is C45H78Br3N3O7S3. The van der Waals surface area contributed by atoms with Crippen molar-refractivity contribution in [3.05, 3.63) is 0 Å². The summed E-state index contributed by atoms with van der Waals surface area (Å²) in [7, 11) is 0. The van der Waals surface area contributed by atoms with E-state index in [-0.39, 0.29) is 53.5 Å². The molecule has 4 N–H and O–H groups in total. The maximum atomic E-state index is 11.6. The summed E-state index contributed by atoms with van der Waals surface area (Å²) in [5, 5.41) is 19.7. The summed E-state index contributed by atoms with van der Waals surface area (Å²) in [6.45, 7) is 12.3. The summed E-state index contributed by atoms with van der Waals surface area (Å²) in [6, 6.07) is 0. The van der Waals surface area contributed by atoms with Crippen LogP contribution in [-0.2, 0) is 28.6 Å². The number of alkyl halides is 3. The molecule has 0 unspecified atom stereocenters. The number of carbonyl (C=O) groups excluding carboxylic acids is 3. The van der Waals surface area contributed by atoms with Gasteiger partial charge in [0.05, 0.1) is 34.3 Å². The predicted octanol–water partition coefficient (Wildman–Crippen LogP) is 8.33. The average Bonchev–Trinajstić information content (AvgIpc) is 3.63. The Bertz CT molecular complexity index is 1300. The van der Waals surface area contributed by atoms with Crippen molar-refractivity contribution in [3.63, 3.8) is 0 Å². The highest BCUT2D eigenvalue weighted by atomic mass is 79.9. The molecule has 0 saturated heterocycles. The molecule has 4 aliphatic carbocycles. The zero-order valence-electron chi connectivity index (χ0n) is 37.3. The largest absolute Gasteiger partial charge is 0.396 e. The fraction of sp³-hybridized carbons (Fsp3) is 0.933. The lowest BCUT2D eigenvalue weighted by Crippen LogP contribution is -2.63. The van der Waals surface area contributed by atoms with Gasteiger partial charge in [0.1, 0.15) is 0 Å². The number of hydrogen-bond acceptors (Lipinski definition) is 10. The van der Waals surface area contributed by atoms with Crippen LogP contribution in [0.5, 0.6) is 0 Å². The highest BCUT2D eigenvalue weighted by molar-refractivity contribution is 9.09. The van der Waals surface area contributed by atoms with E-state index in [0.29, 0.717) is 71.1 Å². The van der Waals surface area contributed by atoms with E-state index in [9.17, 15) is 19.5 Å². The molecule has 0 radical (unpaired) electrons. The fourth-order valence-corrected chi connectivity index (χ4v) is 14.6. The SMILES string of the molecule is C[C@H](CCCO)[C@H]1CC[C@H]2[C@@H]3[C@H](OCCCSCCNC(=O)CBr)C[C@@H]4C[C@H](OCCCSCCNC(=O)CBr)CC[C@]4(C)[C@H]3C[C@H](OCCCSCCNC(=O)CBr)[C@]12C. The first kappa shape index (κ1) is 54.3. The Kier molecular flexibility index (Phi) is 26.3. The Morgan fingerprint density at radius 2 is 1.23 bits per heavy atom. The minimum atomic E-state index is 0.0356. The summed E-state index contributed by atoms with van der Waals surface area (Å²) in [5.74, 6) is 9.16. The first-order valence-electron chi connectivity index (χ1n) is 23.2. The maximum absolute atomic E-state index is 11.6. The van der Waals surface area contributed by atoms with Crippen LogP contribution >= 0.6 is 83.1 Å². The minimum absolute atomic E-state index is 0.0356. The van der Waals surface area contributed by atoms with Crippen molar-refractivity contribution in [2.24, 2.45) is 46.3 Å². The molecule has 0 aliphatic heterocycles. The molecule has 0 spiro atoms. The molecule has 4 saturated carbocycles. The second-order valence-electron chi connectivity index (χ2n) is 18.2. The third kappa shape index (κ3) is 16.5. The van der Waals surface area contributed by atoms with Crippen molar-refractivity contribution in [1.29, 1.82) is 0 Å². The molecule has 4 rings (SSSR count). The Morgan fingerprint density at radius 1 is 0.689 bits per heavy atom. The zero-order valence-corrected chi connectivity index (χ0v) is 44.5. The number of aliphatic hydroxyl groups excluding tert-OH is 1. The van der Waals surface area contributed by atoms with Crippen LogP contribution in [0, 0.1) is 46.3 Å². The number of aliphatic hydroxyl groups is 1. The van der Waals surface area contributed by atoms with Crippen molar-refractivity contribution < 1.29 is 33.7 Å². The average molecular weight is 1110 g/mol. The van der Waals surface area contributed by atoms with Gasteiger partial charge in [-0.25, -0.2) is 0 Å². The van der Waals surface area contributed by atoms with Crippen molar-refractivity contribution in [2.75, 3.05) is 96.6 Å². The minimum Gasteiger partial charge on any atom is -0.396 e. The second kappa shape index (κ2) is 29.5. The number of nitrogens with one attached hydrogen (secondary N) is 3. The van der Waals surface area contributed by atoms with Crippen LogP contribution in [0.2, 0.25) is 0 Å².